The zero-order chi connectivity index (χ0) is 14.8. The summed E-state index contributed by atoms with van der Waals surface area (Å²) in [6.07, 6.45) is -0.0746. The number of hydrogen-bond acceptors (Lipinski definition) is 4. The Kier molecular flexibility index (Phi) is 3.66. The van der Waals surface area contributed by atoms with Gasteiger partial charge in [0.25, 0.3) is 0 Å². The number of para-hydroxylation sites is 2. The smallest absolute Gasteiger partial charge is 0.358 e. The Morgan fingerprint density at radius 3 is 2.57 bits per heavy atom. The summed E-state index contributed by atoms with van der Waals surface area (Å²) in [5.74, 6) is -0.169. The largest absolute Gasteiger partial charge is 0.420 e. The first-order valence-corrected chi connectivity index (χ1v) is 7.10. The molecule has 1 aromatic heterocycles. The maximum absolute atomic E-state index is 12.2. The van der Waals surface area contributed by atoms with Crippen LogP contribution in [0.25, 0.3) is 11.1 Å². The number of fused-ring (bicyclic) bond motifs is 1. The van der Waals surface area contributed by atoms with Crippen LogP contribution >= 0.6 is 15.9 Å². The van der Waals surface area contributed by atoms with Crippen molar-refractivity contribution in [3.05, 3.63) is 74.7 Å². The van der Waals surface area contributed by atoms with Crippen LogP contribution in [-0.2, 0) is 6.42 Å². The predicted molar refractivity (Wildman–Crippen MR) is 82.5 cm³/mol. The number of hydrogen-bond donors (Lipinski definition) is 0. The van der Waals surface area contributed by atoms with Crippen molar-refractivity contribution in [1.29, 1.82) is 0 Å². The molecule has 5 heteroatoms. The first kappa shape index (κ1) is 13.7. The van der Waals surface area contributed by atoms with Crippen molar-refractivity contribution in [2.45, 2.75) is 6.42 Å². The first-order valence-electron chi connectivity index (χ1n) is 6.31. The Hall–Kier alpha value is -2.27. The zero-order valence-corrected chi connectivity index (χ0v) is 12.5. The summed E-state index contributed by atoms with van der Waals surface area (Å²) in [5.41, 5.74) is 1.08. The average Bonchev–Trinajstić information content (AvgIpc) is 2.48. The molecule has 0 N–H and O–H groups in total. The van der Waals surface area contributed by atoms with Crippen LogP contribution in [0.4, 0.5) is 0 Å². The molecule has 3 aromatic rings. The molecule has 0 aliphatic heterocycles. The van der Waals surface area contributed by atoms with E-state index in [0.717, 1.165) is 4.47 Å². The summed E-state index contributed by atoms with van der Waals surface area (Å²) in [5, 5.41) is 0. The van der Waals surface area contributed by atoms with E-state index in [4.69, 9.17) is 4.42 Å². The van der Waals surface area contributed by atoms with Gasteiger partial charge in [0.2, 0.25) is 0 Å². The third-order valence-corrected chi connectivity index (χ3v) is 3.58. The van der Waals surface area contributed by atoms with Gasteiger partial charge in [-0.05, 0) is 24.3 Å². The van der Waals surface area contributed by atoms with Crippen molar-refractivity contribution in [2.24, 2.45) is 0 Å². The number of rotatable bonds is 3. The summed E-state index contributed by atoms with van der Waals surface area (Å²) in [7, 11) is 0. The molecule has 1 heterocycles. The molecule has 0 saturated carbocycles. The van der Waals surface area contributed by atoms with Crippen molar-refractivity contribution in [1.82, 2.24) is 4.98 Å². The Labute approximate surface area is 128 Å². The molecular weight excluding hydrogens is 334 g/mol. The minimum Gasteiger partial charge on any atom is -0.420 e. The van der Waals surface area contributed by atoms with Crippen molar-refractivity contribution in [3.63, 3.8) is 0 Å². The maximum Gasteiger partial charge on any atom is 0.358 e. The molecular formula is C16H10BrNO3. The van der Waals surface area contributed by atoms with E-state index < -0.39 is 5.63 Å². The zero-order valence-electron chi connectivity index (χ0n) is 10.9. The monoisotopic (exact) mass is 343 g/mol. The van der Waals surface area contributed by atoms with Crippen molar-refractivity contribution >= 4 is 32.8 Å². The molecule has 0 bridgehead atoms. The van der Waals surface area contributed by atoms with Gasteiger partial charge in [-0.2, -0.15) is 0 Å². The predicted octanol–water partition coefficient (Wildman–Crippen LogP) is 3.38. The molecule has 0 radical (unpaired) electrons. The Balaban J connectivity index is 1.94. The summed E-state index contributed by atoms with van der Waals surface area (Å²) < 4.78 is 6.06. The molecule has 0 aliphatic carbocycles. The Bertz CT molecular complexity index is 869. The topological polar surface area (TPSA) is 60.2 Å². The van der Waals surface area contributed by atoms with Gasteiger partial charge in [-0.3, -0.25) is 4.79 Å². The minimum absolute atomic E-state index is 0.0746. The highest BCUT2D eigenvalue weighted by molar-refractivity contribution is 9.10. The summed E-state index contributed by atoms with van der Waals surface area (Å²) >= 11 is 3.31. The lowest BCUT2D eigenvalue weighted by Gasteiger charge is -2.02. The van der Waals surface area contributed by atoms with Gasteiger partial charge in [0, 0.05) is 10.0 Å². The molecule has 21 heavy (non-hydrogen) atoms. The van der Waals surface area contributed by atoms with Crippen LogP contribution in [0.15, 0.2) is 62.2 Å². The van der Waals surface area contributed by atoms with E-state index >= 15 is 0 Å². The van der Waals surface area contributed by atoms with Gasteiger partial charge in [0.1, 0.15) is 11.2 Å². The lowest BCUT2D eigenvalue weighted by Crippen LogP contribution is -2.15. The third-order valence-electron chi connectivity index (χ3n) is 3.05. The second-order valence-electron chi connectivity index (χ2n) is 4.52. The number of carbonyl (C=O) groups is 1. The third kappa shape index (κ3) is 2.92. The Morgan fingerprint density at radius 1 is 1.10 bits per heavy atom. The van der Waals surface area contributed by atoms with Gasteiger partial charge in [0.15, 0.2) is 11.4 Å². The first-order chi connectivity index (χ1) is 10.1. The maximum atomic E-state index is 12.2. The number of benzene rings is 2. The van der Waals surface area contributed by atoms with E-state index in [1.165, 1.54) is 0 Å². The molecule has 0 unspecified atom stereocenters. The number of carbonyl (C=O) groups excluding carboxylic acids is 1. The minimum atomic E-state index is -0.570. The number of aromatic nitrogens is 1. The van der Waals surface area contributed by atoms with Gasteiger partial charge in [-0.25, -0.2) is 9.78 Å². The van der Waals surface area contributed by atoms with Crippen LogP contribution in [0.3, 0.4) is 0 Å². The van der Waals surface area contributed by atoms with Crippen molar-refractivity contribution in [3.8, 4) is 0 Å². The fraction of sp³-hybridized carbons (Fsp3) is 0.0625. The summed E-state index contributed by atoms with van der Waals surface area (Å²) in [6.45, 7) is 0. The van der Waals surface area contributed by atoms with Crippen molar-refractivity contribution < 1.29 is 9.21 Å². The number of Topliss-reactive ketones (excluding diaryl/α,β-unsaturated/α-hetero) is 1. The van der Waals surface area contributed by atoms with E-state index in [1.54, 1.807) is 48.5 Å². The summed E-state index contributed by atoms with van der Waals surface area (Å²) in [4.78, 5) is 28.3. The molecule has 0 spiro atoms. The molecule has 0 saturated heterocycles. The van der Waals surface area contributed by atoms with Gasteiger partial charge in [-0.1, -0.05) is 40.2 Å². The molecule has 0 atom stereocenters. The number of halogens is 1. The van der Waals surface area contributed by atoms with Crippen LogP contribution in [0.1, 0.15) is 16.1 Å². The molecule has 104 valence electrons. The van der Waals surface area contributed by atoms with Crippen LogP contribution in [0, 0.1) is 0 Å². The van der Waals surface area contributed by atoms with Crippen molar-refractivity contribution in [2.75, 3.05) is 0 Å². The normalized spacial score (nSPS) is 10.7. The van der Waals surface area contributed by atoms with Gasteiger partial charge in [-0.15, -0.1) is 0 Å². The second-order valence-corrected chi connectivity index (χ2v) is 5.44. The standard InChI is InChI=1S/C16H10BrNO3/c17-11-7-5-10(6-8-11)14(19)9-13-16(20)21-15-4-2-1-3-12(15)18-13/h1-8H,9H2. The molecule has 3 rings (SSSR count). The van der Waals surface area contributed by atoms with E-state index in [0.29, 0.717) is 16.7 Å². The van der Waals surface area contributed by atoms with Crippen LogP contribution in [0.5, 0.6) is 0 Å². The molecule has 2 aromatic carbocycles. The van der Waals surface area contributed by atoms with E-state index in [1.807, 2.05) is 0 Å². The lowest BCUT2D eigenvalue weighted by molar-refractivity contribution is 0.0991. The summed E-state index contributed by atoms with van der Waals surface area (Å²) in [6, 6.07) is 13.9. The van der Waals surface area contributed by atoms with E-state index in [2.05, 4.69) is 20.9 Å². The Morgan fingerprint density at radius 2 is 1.81 bits per heavy atom. The molecule has 0 amide bonds. The average molecular weight is 344 g/mol. The van der Waals surface area contributed by atoms with Crippen LogP contribution < -0.4 is 5.63 Å². The van der Waals surface area contributed by atoms with Gasteiger partial charge >= 0.3 is 5.63 Å². The van der Waals surface area contributed by atoms with Crippen LogP contribution in [-0.4, -0.2) is 10.8 Å². The van der Waals surface area contributed by atoms with E-state index in [9.17, 15) is 9.59 Å². The molecule has 4 nitrogen and oxygen atoms in total. The fourth-order valence-corrected chi connectivity index (χ4v) is 2.25. The van der Waals surface area contributed by atoms with Gasteiger partial charge in [0.05, 0.1) is 6.42 Å². The number of nitrogens with zero attached hydrogens (tertiary/aromatic N) is 1. The quantitative estimate of drug-likeness (QED) is 0.684. The van der Waals surface area contributed by atoms with Gasteiger partial charge < -0.3 is 4.42 Å². The highest BCUT2D eigenvalue weighted by Crippen LogP contribution is 2.13. The van der Waals surface area contributed by atoms with Crippen LogP contribution in [0.2, 0.25) is 0 Å². The highest BCUT2D eigenvalue weighted by atomic mass is 79.9. The SMILES string of the molecule is O=C(Cc1nc2ccccc2oc1=O)c1ccc(Br)cc1. The lowest BCUT2D eigenvalue weighted by atomic mass is 10.1. The fourth-order valence-electron chi connectivity index (χ4n) is 1.99. The molecule has 0 aliphatic rings. The second kappa shape index (κ2) is 5.61. The number of ketones is 1. The van der Waals surface area contributed by atoms with E-state index in [-0.39, 0.29) is 17.9 Å². The molecule has 0 fully saturated rings. The highest BCUT2D eigenvalue weighted by Gasteiger charge is 2.13.